The second-order valence-corrected chi connectivity index (χ2v) is 4.46. The molecule has 106 valence electrons. The van der Waals surface area contributed by atoms with Crippen LogP contribution in [-0.4, -0.2) is 27.8 Å². The van der Waals surface area contributed by atoms with Gasteiger partial charge >= 0.3 is 11.8 Å². The third-order valence-corrected chi connectivity index (χ3v) is 3.11. The van der Waals surface area contributed by atoms with E-state index in [2.05, 4.69) is 0 Å². The molecule has 1 aromatic rings. The van der Waals surface area contributed by atoms with Gasteiger partial charge in [0.15, 0.2) is 5.76 Å². The number of rotatable bonds is 4. The zero-order chi connectivity index (χ0) is 14.8. The highest BCUT2D eigenvalue weighted by Crippen LogP contribution is 2.29. The third kappa shape index (κ3) is 2.50. The monoisotopic (exact) mass is 278 g/mol. The number of aliphatic hydroxyl groups is 1. The molecule has 6 heteroatoms. The van der Waals surface area contributed by atoms with E-state index in [4.69, 9.17) is 14.6 Å². The highest BCUT2D eigenvalue weighted by molar-refractivity contribution is 5.99. The van der Waals surface area contributed by atoms with Gasteiger partial charge in [-0.15, -0.1) is 0 Å². The third-order valence-electron chi connectivity index (χ3n) is 3.11. The average Bonchev–Trinajstić information content (AvgIpc) is 2.45. The Morgan fingerprint density at radius 3 is 2.65 bits per heavy atom. The van der Waals surface area contributed by atoms with E-state index in [0.29, 0.717) is 0 Å². The van der Waals surface area contributed by atoms with Crippen molar-refractivity contribution in [3.8, 4) is 0 Å². The maximum absolute atomic E-state index is 12.0. The molecule has 1 aliphatic rings. The number of ketones is 1. The first-order valence-corrected chi connectivity index (χ1v) is 6.00. The fourth-order valence-electron chi connectivity index (χ4n) is 1.77. The number of ether oxygens (including phenoxy) is 2. The number of allylic oxidation sites excluding steroid dienone is 1. The molecule has 0 amide bonds. The number of carbonyl (C=O) groups excluding carboxylic acids is 1. The Morgan fingerprint density at radius 2 is 2.05 bits per heavy atom. The molecule has 0 aliphatic carbocycles. The van der Waals surface area contributed by atoms with E-state index in [9.17, 15) is 14.7 Å². The van der Waals surface area contributed by atoms with Gasteiger partial charge in [-0.3, -0.25) is 4.79 Å². The molecular weight excluding hydrogens is 264 g/mol. The van der Waals surface area contributed by atoms with Crippen LogP contribution in [0.2, 0.25) is 0 Å². The number of carboxylic acid groups (broad SMARTS) is 1. The second-order valence-electron chi connectivity index (χ2n) is 4.46. The minimum Gasteiger partial charge on any atom is -0.482 e. The summed E-state index contributed by atoms with van der Waals surface area (Å²) in [7, 11) is 0. The average molecular weight is 278 g/mol. The number of hydrogen-bond donors (Lipinski definition) is 2. The van der Waals surface area contributed by atoms with E-state index >= 15 is 0 Å². The molecule has 0 spiro atoms. The zero-order valence-corrected chi connectivity index (χ0v) is 10.8. The van der Waals surface area contributed by atoms with Crippen molar-refractivity contribution >= 4 is 11.8 Å². The minimum atomic E-state index is -2.54. The molecule has 1 aliphatic heterocycles. The summed E-state index contributed by atoms with van der Waals surface area (Å²) < 4.78 is 10.1. The van der Waals surface area contributed by atoms with Gasteiger partial charge in [0.2, 0.25) is 5.78 Å². The lowest BCUT2D eigenvalue weighted by Crippen LogP contribution is -2.52. The zero-order valence-electron chi connectivity index (χ0n) is 10.8. The maximum atomic E-state index is 12.0. The molecule has 0 radical (unpaired) electrons. The van der Waals surface area contributed by atoms with E-state index in [1.807, 2.05) is 30.3 Å². The fraction of sp³-hybridized carbons (Fsp3) is 0.286. The molecule has 6 nitrogen and oxygen atoms in total. The van der Waals surface area contributed by atoms with Crippen molar-refractivity contribution in [2.24, 2.45) is 5.92 Å². The fourth-order valence-corrected chi connectivity index (χ4v) is 1.77. The van der Waals surface area contributed by atoms with Gasteiger partial charge in [0, 0.05) is 0 Å². The van der Waals surface area contributed by atoms with Gasteiger partial charge < -0.3 is 19.7 Å². The lowest BCUT2D eigenvalue weighted by Gasteiger charge is -2.31. The van der Waals surface area contributed by atoms with Crippen molar-refractivity contribution in [3.05, 3.63) is 47.9 Å². The Balaban J connectivity index is 2.09. The van der Waals surface area contributed by atoms with Crippen LogP contribution in [0.5, 0.6) is 0 Å². The summed E-state index contributed by atoms with van der Waals surface area (Å²) in [5, 5.41) is 18.6. The van der Waals surface area contributed by atoms with Crippen LogP contribution in [0.15, 0.2) is 42.4 Å². The van der Waals surface area contributed by atoms with Crippen molar-refractivity contribution in [2.45, 2.75) is 19.3 Å². The normalized spacial score (nSPS) is 25.6. The van der Waals surface area contributed by atoms with Gasteiger partial charge in [0.25, 0.3) is 0 Å². The molecule has 2 unspecified atom stereocenters. The molecule has 0 saturated carbocycles. The number of Topliss-reactive ketones (excluding diaryl/α,β-unsaturated/α-hetero) is 1. The van der Waals surface area contributed by atoms with E-state index in [1.165, 1.54) is 6.92 Å². The smallest absolute Gasteiger partial charge is 0.377 e. The molecule has 1 aromatic carbocycles. The van der Waals surface area contributed by atoms with Crippen molar-refractivity contribution in [1.82, 2.24) is 0 Å². The number of benzene rings is 1. The molecule has 0 fully saturated rings. The molecule has 2 atom stereocenters. The molecule has 0 saturated heterocycles. The summed E-state index contributed by atoms with van der Waals surface area (Å²) in [5.74, 6) is -6.13. The highest BCUT2D eigenvalue weighted by atomic mass is 16.7. The first-order chi connectivity index (χ1) is 9.45. The summed E-state index contributed by atoms with van der Waals surface area (Å²) >= 11 is 0. The largest absolute Gasteiger partial charge is 0.482 e. The predicted octanol–water partition coefficient (Wildman–Crippen LogP) is 1.05. The number of carboxylic acids is 1. The lowest BCUT2D eigenvalue weighted by atomic mass is 9.93. The van der Waals surface area contributed by atoms with Gasteiger partial charge in [-0.05, 0) is 12.5 Å². The molecule has 1 heterocycles. The Hall–Kier alpha value is -2.34. The van der Waals surface area contributed by atoms with Gasteiger partial charge in [-0.25, -0.2) is 4.79 Å². The Labute approximate surface area is 115 Å². The van der Waals surface area contributed by atoms with Crippen LogP contribution in [0.4, 0.5) is 0 Å². The van der Waals surface area contributed by atoms with Gasteiger partial charge in [0.05, 0.1) is 5.92 Å². The molecule has 2 rings (SSSR count). The summed E-state index contributed by atoms with van der Waals surface area (Å²) in [6.07, 6.45) is 0.847. The lowest BCUT2D eigenvalue weighted by molar-refractivity contribution is -0.227. The Kier molecular flexibility index (Phi) is 3.76. The van der Waals surface area contributed by atoms with Crippen LogP contribution in [0.3, 0.4) is 0 Å². The topological polar surface area (TPSA) is 93.1 Å². The van der Waals surface area contributed by atoms with E-state index in [1.54, 1.807) is 0 Å². The van der Waals surface area contributed by atoms with Crippen molar-refractivity contribution in [1.29, 1.82) is 0 Å². The first-order valence-electron chi connectivity index (χ1n) is 6.00. The standard InChI is InChI=1S/C14H14O6/c1-9-12(15)11(8-20-14(9,18)13(16)17)19-7-10-5-3-2-4-6-10/h2-6,8-9,18H,7H2,1H3,(H,16,17). The van der Waals surface area contributed by atoms with Crippen molar-refractivity contribution in [2.75, 3.05) is 0 Å². The minimum absolute atomic E-state index is 0.104. The summed E-state index contributed by atoms with van der Waals surface area (Å²) in [4.78, 5) is 22.9. The maximum Gasteiger partial charge on any atom is 0.377 e. The van der Waals surface area contributed by atoms with Crippen LogP contribution in [-0.2, 0) is 25.7 Å². The Bertz CT molecular complexity index is 550. The van der Waals surface area contributed by atoms with Crippen LogP contribution in [0.25, 0.3) is 0 Å². The Morgan fingerprint density at radius 1 is 1.40 bits per heavy atom. The van der Waals surface area contributed by atoms with Gasteiger partial charge in [0.1, 0.15) is 12.9 Å². The van der Waals surface area contributed by atoms with Gasteiger partial charge in [-0.1, -0.05) is 30.3 Å². The molecular formula is C14H14O6. The van der Waals surface area contributed by atoms with Crippen LogP contribution < -0.4 is 0 Å². The number of aliphatic carboxylic acids is 1. The SMILES string of the molecule is CC1C(=O)C(OCc2ccccc2)=COC1(O)C(=O)O. The first kappa shape index (κ1) is 14.1. The molecule has 2 N–H and O–H groups in total. The summed E-state index contributed by atoms with van der Waals surface area (Å²) in [6, 6.07) is 9.17. The van der Waals surface area contributed by atoms with Crippen LogP contribution in [0.1, 0.15) is 12.5 Å². The van der Waals surface area contributed by atoms with E-state index < -0.39 is 23.5 Å². The number of carbonyl (C=O) groups is 2. The van der Waals surface area contributed by atoms with Crippen LogP contribution in [0, 0.1) is 5.92 Å². The second kappa shape index (κ2) is 5.34. The van der Waals surface area contributed by atoms with E-state index in [-0.39, 0.29) is 12.4 Å². The van der Waals surface area contributed by atoms with Crippen LogP contribution >= 0.6 is 0 Å². The predicted molar refractivity (Wildman–Crippen MR) is 67.2 cm³/mol. The van der Waals surface area contributed by atoms with Crippen molar-refractivity contribution in [3.63, 3.8) is 0 Å². The number of hydrogen-bond acceptors (Lipinski definition) is 5. The molecule has 20 heavy (non-hydrogen) atoms. The summed E-state index contributed by atoms with van der Waals surface area (Å²) in [5.41, 5.74) is 0.855. The quantitative estimate of drug-likeness (QED) is 0.855. The molecule has 0 aromatic heterocycles. The van der Waals surface area contributed by atoms with Crippen molar-refractivity contribution < 1.29 is 29.3 Å². The summed E-state index contributed by atoms with van der Waals surface area (Å²) in [6.45, 7) is 1.43. The molecule has 0 bridgehead atoms. The van der Waals surface area contributed by atoms with E-state index in [0.717, 1.165) is 11.8 Å². The van der Waals surface area contributed by atoms with Gasteiger partial charge in [-0.2, -0.15) is 0 Å². The highest BCUT2D eigenvalue weighted by Gasteiger charge is 2.51.